The van der Waals surface area contributed by atoms with Crippen molar-refractivity contribution in [3.05, 3.63) is 22.2 Å². The molecule has 0 heterocycles. The minimum Gasteiger partial charge on any atom is -0.492 e. The Labute approximate surface area is 122 Å². The summed E-state index contributed by atoms with van der Waals surface area (Å²) >= 11 is 3.52. The number of rotatable bonds is 6. The number of aliphatic hydroxyl groups is 1. The van der Waals surface area contributed by atoms with Gasteiger partial charge >= 0.3 is 0 Å². The van der Waals surface area contributed by atoms with Gasteiger partial charge in [-0.2, -0.15) is 0 Å². The maximum Gasteiger partial charge on any atom is 0.174 e. The highest BCUT2D eigenvalue weighted by atomic mass is 79.9. The van der Waals surface area contributed by atoms with Crippen molar-refractivity contribution in [1.82, 2.24) is 0 Å². The number of ether oxygens (including phenoxy) is 2. The third-order valence-electron chi connectivity index (χ3n) is 3.81. The van der Waals surface area contributed by atoms with Gasteiger partial charge in [-0.15, -0.1) is 0 Å². The molecular weight excluding hydrogens is 308 g/mol. The van der Waals surface area contributed by atoms with E-state index in [4.69, 9.17) is 9.47 Å². The molecule has 4 heteroatoms. The maximum absolute atomic E-state index is 10.0. The van der Waals surface area contributed by atoms with Crippen molar-refractivity contribution in [2.75, 3.05) is 13.7 Å². The molecule has 0 radical (unpaired) electrons. The number of halogens is 1. The van der Waals surface area contributed by atoms with Crippen molar-refractivity contribution >= 4 is 15.9 Å². The Kier molecular flexibility index (Phi) is 3.48. The highest BCUT2D eigenvalue weighted by Gasteiger charge is 2.40. The van der Waals surface area contributed by atoms with E-state index in [-0.39, 0.29) is 0 Å². The minimum atomic E-state index is -0.484. The van der Waals surface area contributed by atoms with Gasteiger partial charge in [0, 0.05) is 6.42 Å². The Bertz CT molecular complexity index is 479. The summed E-state index contributed by atoms with van der Waals surface area (Å²) in [7, 11) is 1.65. The summed E-state index contributed by atoms with van der Waals surface area (Å²) in [5.41, 5.74) is 0.611. The van der Waals surface area contributed by atoms with E-state index in [1.165, 1.54) is 12.8 Å². The molecule has 3 rings (SSSR count). The first-order chi connectivity index (χ1) is 9.09. The molecule has 1 N–H and O–H groups in total. The Hall–Kier alpha value is -0.740. The van der Waals surface area contributed by atoms with Crippen molar-refractivity contribution in [3.63, 3.8) is 0 Å². The second-order valence-electron chi connectivity index (χ2n) is 5.76. The van der Waals surface area contributed by atoms with Crippen molar-refractivity contribution in [2.45, 2.75) is 37.7 Å². The summed E-state index contributed by atoms with van der Waals surface area (Å²) in [6.45, 7) is 0.760. The summed E-state index contributed by atoms with van der Waals surface area (Å²) in [6, 6.07) is 4.02. The smallest absolute Gasteiger partial charge is 0.174 e. The number of methoxy groups -OCH3 is 1. The molecule has 1 aromatic carbocycles. The van der Waals surface area contributed by atoms with Crippen molar-refractivity contribution < 1.29 is 14.6 Å². The highest BCUT2D eigenvalue weighted by Crippen LogP contribution is 2.42. The Morgan fingerprint density at radius 3 is 2.68 bits per heavy atom. The second-order valence-corrected chi connectivity index (χ2v) is 6.62. The lowest BCUT2D eigenvalue weighted by Crippen LogP contribution is -2.11. The van der Waals surface area contributed by atoms with Gasteiger partial charge in [-0.05, 0) is 65.2 Å². The van der Waals surface area contributed by atoms with E-state index in [0.29, 0.717) is 12.3 Å². The summed E-state index contributed by atoms with van der Waals surface area (Å²) in [5, 5.41) is 10.0. The molecule has 0 spiro atoms. The first kappa shape index (κ1) is 13.3. The van der Waals surface area contributed by atoms with Crippen LogP contribution in [0, 0.1) is 5.92 Å². The lowest BCUT2D eigenvalue weighted by molar-refractivity contribution is 0.151. The van der Waals surface area contributed by atoms with Crippen LogP contribution in [0.15, 0.2) is 16.6 Å². The molecule has 0 unspecified atom stereocenters. The lowest BCUT2D eigenvalue weighted by atomic mass is 10.1. The fraction of sp³-hybridized carbons (Fsp3) is 0.600. The first-order valence-electron chi connectivity index (χ1n) is 6.81. The average molecular weight is 327 g/mol. The standard InChI is InChI=1S/C15H19BrO3/c1-18-14-12(16)6-11(8-15(17)4-5-15)7-13(14)19-9-10-2-3-10/h6-7,10,17H,2-5,8-9H2,1H3. The molecule has 2 aliphatic carbocycles. The molecule has 2 aliphatic rings. The molecule has 0 atom stereocenters. The van der Waals surface area contributed by atoms with Crippen molar-refractivity contribution in [3.8, 4) is 11.5 Å². The average Bonchev–Trinajstić information content (AvgIpc) is 3.25. The van der Waals surface area contributed by atoms with Crippen LogP contribution in [0.4, 0.5) is 0 Å². The van der Waals surface area contributed by atoms with Crippen LogP contribution in [0.3, 0.4) is 0 Å². The Morgan fingerprint density at radius 2 is 2.11 bits per heavy atom. The van der Waals surface area contributed by atoms with E-state index in [0.717, 1.165) is 41.0 Å². The number of hydrogen-bond acceptors (Lipinski definition) is 3. The molecular formula is C15H19BrO3. The van der Waals surface area contributed by atoms with Crippen LogP contribution in [-0.2, 0) is 6.42 Å². The SMILES string of the molecule is COc1c(Br)cc(CC2(O)CC2)cc1OCC1CC1. The van der Waals surface area contributed by atoms with Gasteiger partial charge in [0.15, 0.2) is 11.5 Å². The summed E-state index contributed by atoms with van der Waals surface area (Å²) < 4.78 is 12.2. The quantitative estimate of drug-likeness (QED) is 0.871. The molecule has 0 bridgehead atoms. The van der Waals surface area contributed by atoms with E-state index < -0.39 is 5.60 Å². The van der Waals surface area contributed by atoms with Crippen LogP contribution in [0.1, 0.15) is 31.2 Å². The van der Waals surface area contributed by atoms with Crippen molar-refractivity contribution in [2.24, 2.45) is 5.92 Å². The second kappa shape index (κ2) is 4.98. The van der Waals surface area contributed by atoms with E-state index in [1.807, 2.05) is 12.1 Å². The molecule has 0 aromatic heterocycles. The largest absolute Gasteiger partial charge is 0.492 e. The van der Waals surface area contributed by atoms with Crippen LogP contribution in [-0.4, -0.2) is 24.4 Å². The van der Waals surface area contributed by atoms with Gasteiger partial charge in [0.1, 0.15) is 0 Å². The predicted molar refractivity (Wildman–Crippen MR) is 76.8 cm³/mol. The normalized spacial score (nSPS) is 20.2. The monoisotopic (exact) mass is 326 g/mol. The predicted octanol–water partition coefficient (Wildman–Crippen LogP) is 3.31. The molecule has 104 valence electrons. The third-order valence-corrected chi connectivity index (χ3v) is 4.39. The molecule has 2 saturated carbocycles. The van der Waals surface area contributed by atoms with E-state index in [2.05, 4.69) is 15.9 Å². The number of hydrogen-bond donors (Lipinski definition) is 1. The van der Waals surface area contributed by atoms with Gasteiger partial charge in [0.05, 0.1) is 23.8 Å². The fourth-order valence-corrected chi connectivity index (χ4v) is 2.87. The highest BCUT2D eigenvalue weighted by molar-refractivity contribution is 9.10. The van der Waals surface area contributed by atoms with E-state index >= 15 is 0 Å². The van der Waals surface area contributed by atoms with Crippen LogP contribution in [0.5, 0.6) is 11.5 Å². The number of benzene rings is 1. The summed E-state index contributed by atoms with van der Waals surface area (Å²) in [6.07, 6.45) is 5.02. The molecule has 2 fully saturated rings. The fourth-order valence-electron chi connectivity index (χ4n) is 2.22. The first-order valence-corrected chi connectivity index (χ1v) is 7.60. The van der Waals surface area contributed by atoms with Crippen LogP contribution in [0.25, 0.3) is 0 Å². The van der Waals surface area contributed by atoms with Gasteiger partial charge in [-0.25, -0.2) is 0 Å². The molecule has 1 aromatic rings. The van der Waals surface area contributed by atoms with Crippen LogP contribution < -0.4 is 9.47 Å². The minimum absolute atomic E-state index is 0.484. The zero-order valence-corrected chi connectivity index (χ0v) is 12.7. The third kappa shape index (κ3) is 3.23. The van der Waals surface area contributed by atoms with Gasteiger partial charge in [-0.3, -0.25) is 0 Å². The van der Waals surface area contributed by atoms with Crippen molar-refractivity contribution in [1.29, 1.82) is 0 Å². The zero-order valence-electron chi connectivity index (χ0n) is 11.1. The lowest BCUT2D eigenvalue weighted by Gasteiger charge is -2.15. The van der Waals surface area contributed by atoms with Gasteiger partial charge in [0.25, 0.3) is 0 Å². The summed E-state index contributed by atoms with van der Waals surface area (Å²) in [4.78, 5) is 0. The topological polar surface area (TPSA) is 38.7 Å². The van der Waals surface area contributed by atoms with Crippen LogP contribution in [0.2, 0.25) is 0 Å². The molecule has 0 saturated heterocycles. The molecule has 0 aliphatic heterocycles. The van der Waals surface area contributed by atoms with E-state index in [9.17, 15) is 5.11 Å². The molecule has 0 amide bonds. The Morgan fingerprint density at radius 1 is 1.37 bits per heavy atom. The molecule has 3 nitrogen and oxygen atoms in total. The van der Waals surface area contributed by atoms with Gasteiger partial charge < -0.3 is 14.6 Å². The summed E-state index contributed by atoms with van der Waals surface area (Å²) in [5.74, 6) is 2.23. The van der Waals surface area contributed by atoms with E-state index in [1.54, 1.807) is 7.11 Å². The van der Waals surface area contributed by atoms with Crippen LogP contribution >= 0.6 is 15.9 Å². The Balaban J connectivity index is 1.80. The maximum atomic E-state index is 10.0. The van der Waals surface area contributed by atoms with Gasteiger partial charge in [0.2, 0.25) is 0 Å². The molecule has 19 heavy (non-hydrogen) atoms. The van der Waals surface area contributed by atoms with Gasteiger partial charge in [-0.1, -0.05) is 0 Å². The zero-order chi connectivity index (χ0) is 13.5.